The van der Waals surface area contributed by atoms with Crippen LogP contribution < -0.4 is 24.8 Å². The van der Waals surface area contributed by atoms with Crippen LogP contribution in [0.3, 0.4) is 0 Å². The van der Waals surface area contributed by atoms with E-state index in [1.54, 1.807) is 4.52 Å². The van der Waals surface area contributed by atoms with Crippen LogP contribution in [0, 0.1) is 6.92 Å². The molecular formula is C23H23N5O5S. The number of amides is 2. The average Bonchev–Trinajstić information content (AvgIpc) is 3.42. The Morgan fingerprint density at radius 2 is 1.71 bits per heavy atom. The van der Waals surface area contributed by atoms with Gasteiger partial charge in [0.15, 0.2) is 11.5 Å². The molecule has 34 heavy (non-hydrogen) atoms. The molecule has 0 saturated heterocycles. The highest BCUT2D eigenvalue weighted by Crippen LogP contribution is 2.38. The van der Waals surface area contributed by atoms with Crippen LogP contribution in [0.1, 0.15) is 15.9 Å². The predicted octanol–water partition coefficient (Wildman–Crippen LogP) is 3.16. The number of anilines is 1. The smallest absolute Gasteiger partial charge is 0.251 e. The van der Waals surface area contributed by atoms with E-state index in [0.717, 1.165) is 16.8 Å². The Balaban J connectivity index is 1.42. The number of ether oxygens (including phenoxy) is 3. The molecule has 2 aromatic carbocycles. The monoisotopic (exact) mass is 481 g/mol. The van der Waals surface area contributed by atoms with Crippen molar-refractivity contribution < 1.29 is 23.8 Å². The first-order valence-electron chi connectivity index (χ1n) is 10.2. The maximum atomic E-state index is 12.6. The lowest BCUT2D eigenvalue weighted by molar-refractivity contribution is -0.115. The summed E-state index contributed by atoms with van der Waals surface area (Å²) in [6.07, 6.45) is 0. The summed E-state index contributed by atoms with van der Waals surface area (Å²) >= 11 is 1.42. The van der Waals surface area contributed by atoms with Gasteiger partial charge in [-0.1, -0.05) is 29.8 Å². The number of aromatic nitrogens is 3. The van der Waals surface area contributed by atoms with Gasteiger partial charge < -0.3 is 19.5 Å². The first kappa shape index (κ1) is 23.1. The van der Waals surface area contributed by atoms with Gasteiger partial charge >= 0.3 is 0 Å². The fraction of sp³-hybridized carbons (Fsp3) is 0.217. The molecule has 0 saturated carbocycles. The van der Waals surface area contributed by atoms with Crippen LogP contribution in [-0.4, -0.2) is 54.3 Å². The van der Waals surface area contributed by atoms with E-state index in [0.29, 0.717) is 22.2 Å². The van der Waals surface area contributed by atoms with Crippen LogP contribution in [0.4, 0.5) is 5.95 Å². The fourth-order valence-electron chi connectivity index (χ4n) is 3.30. The highest BCUT2D eigenvalue weighted by molar-refractivity contribution is 7.15. The van der Waals surface area contributed by atoms with Crippen LogP contribution in [0.5, 0.6) is 17.2 Å². The molecular weight excluding hydrogens is 458 g/mol. The molecule has 0 fully saturated rings. The predicted molar refractivity (Wildman–Crippen MR) is 128 cm³/mol. The summed E-state index contributed by atoms with van der Waals surface area (Å²) in [5, 5.41) is 11.5. The Bertz CT molecular complexity index is 1320. The van der Waals surface area contributed by atoms with Gasteiger partial charge in [-0.05, 0) is 19.1 Å². The summed E-state index contributed by atoms with van der Waals surface area (Å²) in [5.74, 6) is 0.263. The molecule has 10 nitrogen and oxygen atoms in total. The molecule has 4 aromatic rings. The standard InChI is InChI=1S/C23H23N5O5S/c1-13-5-7-14(8-6-13)16-12-34-23-26-22(27-28(16)23)25-19(29)11-24-21(30)15-9-17(31-2)20(33-4)18(10-15)32-3/h5-10,12H,11H2,1-4H3,(H,24,30)(H,25,27,29). The van der Waals surface area contributed by atoms with Crippen LogP contribution in [0.2, 0.25) is 0 Å². The number of aryl methyl sites for hydroxylation is 1. The minimum atomic E-state index is -0.477. The second-order valence-electron chi connectivity index (χ2n) is 7.26. The molecule has 0 aliphatic rings. The van der Waals surface area contributed by atoms with Crippen molar-refractivity contribution in [1.82, 2.24) is 19.9 Å². The SMILES string of the molecule is COc1cc(C(=O)NCC(=O)Nc2nc3scc(-c4ccc(C)cc4)n3n2)cc(OC)c1OC. The van der Waals surface area contributed by atoms with Gasteiger partial charge in [0.05, 0.1) is 33.6 Å². The Labute approximate surface area is 199 Å². The van der Waals surface area contributed by atoms with E-state index in [1.165, 1.54) is 44.8 Å². The minimum Gasteiger partial charge on any atom is -0.493 e. The summed E-state index contributed by atoms with van der Waals surface area (Å²) in [6.45, 7) is 1.75. The number of rotatable bonds is 8. The molecule has 0 atom stereocenters. The minimum absolute atomic E-state index is 0.159. The van der Waals surface area contributed by atoms with E-state index < -0.39 is 11.8 Å². The molecule has 0 bridgehead atoms. The third-order valence-corrected chi connectivity index (χ3v) is 5.83. The highest BCUT2D eigenvalue weighted by Gasteiger charge is 2.18. The summed E-state index contributed by atoms with van der Waals surface area (Å²) in [6, 6.07) is 11.1. The quantitative estimate of drug-likeness (QED) is 0.397. The number of nitrogens with zero attached hydrogens (tertiary/aromatic N) is 3. The Morgan fingerprint density at radius 1 is 1.03 bits per heavy atom. The van der Waals surface area contributed by atoms with Crippen molar-refractivity contribution in [3.63, 3.8) is 0 Å². The summed E-state index contributed by atoms with van der Waals surface area (Å²) in [5.41, 5.74) is 3.29. The first-order valence-corrected chi connectivity index (χ1v) is 11.1. The topological polar surface area (TPSA) is 116 Å². The molecule has 0 spiro atoms. The number of nitrogens with one attached hydrogen (secondary N) is 2. The number of carbonyl (C=O) groups excluding carboxylic acids is 2. The lowest BCUT2D eigenvalue weighted by atomic mass is 10.1. The van der Waals surface area contributed by atoms with Crippen molar-refractivity contribution >= 4 is 34.1 Å². The lowest BCUT2D eigenvalue weighted by Crippen LogP contribution is -2.33. The highest BCUT2D eigenvalue weighted by atomic mass is 32.1. The third-order valence-electron chi connectivity index (χ3n) is 5.02. The second-order valence-corrected chi connectivity index (χ2v) is 8.10. The molecule has 2 N–H and O–H groups in total. The van der Waals surface area contributed by atoms with Crippen LogP contribution in [0.25, 0.3) is 16.2 Å². The Morgan fingerprint density at radius 3 is 2.32 bits per heavy atom. The number of benzene rings is 2. The lowest BCUT2D eigenvalue weighted by Gasteiger charge is -2.14. The van der Waals surface area contributed by atoms with Gasteiger partial charge in [0, 0.05) is 16.5 Å². The molecule has 176 valence electrons. The molecule has 4 rings (SSSR count). The van der Waals surface area contributed by atoms with Crippen LogP contribution in [0.15, 0.2) is 41.8 Å². The number of methoxy groups -OCH3 is 3. The number of thiazole rings is 1. The molecule has 2 heterocycles. The molecule has 0 aliphatic heterocycles. The van der Waals surface area contributed by atoms with Gasteiger partial charge in [-0.25, -0.2) is 4.52 Å². The van der Waals surface area contributed by atoms with Crippen molar-refractivity contribution in [1.29, 1.82) is 0 Å². The van der Waals surface area contributed by atoms with Gasteiger partial charge in [-0.2, -0.15) is 4.98 Å². The number of hydrogen-bond donors (Lipinski definition) is 2. The molecule has 0 radical (unpaired) electrons. The van der Waals surface area contributed by atoms with E-state index in [-0.39, 0.29) is 18.1 Å². The van der Waals surface area contributed by atoms with E-state index in [9.17, 15) is 9.59 Å². The van der Waals surface area contributed by atoms with Crippen molar-refractivity contribution in [3.05, 3.63) is 52.9 Å². The number of fused-ring (bicyclic) bond motifs is 1. The fourth-order valence-corrected chi connectivity index (χ4v) is 4.13. The van der Waals surface area contributed by atoms with E-state index >= 15 is 0 Å². The zero-order valence-corrected chi connectivity index (χ0v) is 19.9. The Hall–Kier alpha value is -4.12. The summed E-state index contributed by atoms with van der Waals surface area (Å²) in [4.78, 5) is 30.0. The number of carbonyl (C=O) groups is 2. The van der Waals surface area contributed by atoms with Crippen molar-refractivity contribution in [3.8, 4) is 28.5 Å². The van der Waals surface area contributed by atoms with Gasteiger partial charge in [0.25, 0.3) is 11.9 Å². The largest absolute Gasteiger partial charge is 0.493 e. The number of hydrogen-bond acceptors (Lipinski definition) is 8. The van der Waals surface area contributed by atoms with Gasteiger partial charge in [-0.15, -0.1) is 16.4 Å². The van der Waals surface area contributed by atoms with E-state index in [4.69, 9.17) is 14.2 Å². The van der Waals surface area contributed by atoms with E-state index in [1.807, 2.05) is 36.6 Å². The van der Waals surface area contributed by atoms with Crippen molar-refractivity contribution in [2.75, 3.05) is 33.2 Å². The first-order chi connectivity index (χ1) is 16.4. The molecule has 2 aromatic heterocycles. The van der Waals surface area contributed by atoms with Gasteiger partial charge in [-0.3, -0.25) is 14.9 Å². The maximum Gasteiger partial charge on any atom is 0.251 e. The maximum absolute atomic E-state index is 12.6. The molecule has 11 heteroatoms. The zero-order valence-electron chi connectivity index (χ0n) is 19.0. The molecule has 0 aliphatic carbocycles. The normalized spacial score (nSPS) is 10.7. The third kappa shape index (κ3) is 4.64. The molecule has 0 unspecified atom stereocenters. The Kier molecular flexibility index (Phi) is 6.64. The zero-order chi connectivity index (χ0) is 24.2. The van der Waals surface area contributed by atoms with Gasteiger partial charge in [0.1, 0.15) is 0 Å². The average molecular weight is 482 g/mol. The molecule has 2 amide bonds. The van der Waals surface area contributed by atoms with E-state index in [2.05, 4.69) is 20.7 Å². The van der Waals surface area contributed by atoms with Crippen molar-refractivity contribution in [2.24, 2.45) is 0 Å². The van der Waals surface area contributed by atoms with Crippen LogP contribution in [-0.2, 0) is 4.79 Å². The summed E-state index contributed by atoms with van der Waals surface area (Å²) in [7, 11) is 4.39. The van der Waals surface area contributed by atoms with Crippen LogP contribution >= 0.6 is 11.3 Å². The second kappa shape index (κ2) is 9.79. The van der Waals surface area contributed by atoms with Crippen molar-refractivity contribution in [2.45, 2.75) is 6.92 Å². The summed E-state index contributed by atoms with van der Waals surface area (Å²) < 4.78 is 17.5. The van der Waals surface area contributed by atoms with Gasteiger partial charge in [0.2, 0.25) is 16.6 Å².